The molecule has 0 saturated heterocycles. The van der Waals surface area contributed by atoms with E-state index in [1.54, 1.807) is 23.0 Å². The fraction of sp³-hybridized carbons (Fsp3) is 0.176. The highest BCUT2D eigenvalue weighted by atomic mass is 19.1. The first kappa shape index (κ1) is 15.8. The Morgan fingerprint density at radius 2 is 1.96 bits per heavy atom. The lowest BCUT2D eigenvalue weighted by Crippen LogP contribution is -2.27. The molecule has 0 aliphatic carbocycles. The fourth-order valence-corrected chi connectivity index (χ4v) is 2.45. The molecule has 1 N–H and O–H groups in total. The Kier molecular flexibility index (Phi) is 4.33. The number of carbonyl (C=O) groups is 1. The third-order valence-corrected chi connectivity index (χ3v) is 3.73. The van der Waals surface area contributed by atoms with Crippen LogP contribution in [0.4, 0.5) is 4.39 Å². The van der Waals surface area contributed by atoms with Gasteiger partial charge in [-0.05, 0) is 38.1 Å². The number of halogens is 1. The summed E-state index contributed by atoms with van der Waals surface area (Å²) in [6.07, 6.45) is 6.09. The van der Waals surface area contributed by atoms with Gasteiger partial charge in [0.05, 0.1) is 24.1 Å². The molecule has 6 nitrogen and oxygen atoms in total. The number of rotatable bonds is 4. The number of hydrogen-bond acceptors (Lipinski definition) is 4. The number of nitrogens with one attached hydrogen (secondary N) is 1. The van der Waals surface area contributed by atoms with Gasteiger partial charge in [-0.3, -0.25) is 9.78 Å². The zero-order valence-corrected chi connectivity index (χ0v) is 13.3. The molecule has 1 unspecified atom stereocenters. The summed E-state index contributed by atoms with van der Waals surface area (Å²) in [5.74, 6) is -0.599. The normalized spacial score (nSPS) is 12.0. The second-order valence-electron chi connectivity index (χ2n) is 5.36. The number of carbonyl (C=O) groups excluding carboxylic acids is 1. The Hall–Kier alpha value is -3.09. The van der Waals surface area contributed by atoms with Crippen molar-refractivity contribution in [1.82, 2.24) is 25.1 Å². The summed E-state index contributed by atoms with van der Waals surface area (Å²) >= 11 is 0. The van der Waals surface area contributed by atoms with Gasteiger partial charge in [0.15, 0.2) is 0 Å². The average Bonchev–Trinajstić information content (AvgIpc) is 2.98. The number of benzene rings is 1. The van der Waals surface area contributed by atoms with E-state index in [0.717, 1.165) is 16.9 Å². The van der Waals surface area contributed by atoms with Crippen molar-refractivity contribution < 1.29 is 9.18 Å². The topological polar surface area (TPSA) is 72.7 Å². The van der Waals surface area contributed by atoms with Crippen molar-refractivity contribution >= 4 is 5.91 Å². The van der Waals surface area contributed by atoms with Crippen molar-refractivity contribution in [1.29, 1.82) is 0 Å². The minimum absolute atomic E-state index is 0.256. The highest BCUT2D eigenvalue weighted by Gasteiger charge is 2.17. The van der Waals surface area contributed by atoms with Crippen molar-refractivity contribution in [2.45, 2.75) is 19.9 Å². The molecule has 24 heavy (non-hydrogen) atoms. The Bertz CT molecular complexity index is 845. The molecule has 3 rings (SSSR count). The molecule has 0 fully saturated rings. The van der Waals surface area contributed by atoms with Crippen LogP contribution in [0.5, 0.6) is 0 Å². The van der Waals surface area contributed by atoms with Crippen LogP contribution in [0, 0.1) is 12.7 Å². The molecule has 2 aromatic heterocycles. The quantitative estimate of drug-likeness (QED) is 0.800. The molecule has 122 valence electrons. The van der Waals surface area contributed by atoms with Gasteiger partial charge in [-0.25, -0.2) is 14.1 Å². The number of nitrogens with zero attached hydrogens (tertiary/aromatic N) is 4. The third kappa shape index (κ3) is 3.15. The monoisotopic (exact) mass is 325 g/mol. The van der Waals surface area contributed by atoms with Crippen molar-refractivity contribution in [2.24, 2.45) is 0 Å². The Balaban J connectivity index is 1.80. The summed E-state index contributed by atoms with van der Waals surface area (Å²) in [5, 5.41) is 7.20. The van der Waals surface area contributed by atoms with Crippen LogP contribution >= 0.6 is 0 Å². The molecular formula is C17H16FN5O. The maximum Gasteiger partial charge on any atom is 0.271 e. The first-order valence-electron chi connectivity index (χ1n) is 7.43. The standard InChI is InChI=1S/C17H16FN5O/c1-11(22-17(24)16-10-19-7-8-20-16)15-9-21-23(12(15)2)14-5-3-13(18)4-6-14/h3-11H,1-2H3,(H,22,24). The van der Waals surface area contributed by atoms with Gasteiger partial charge < -0.3 is 5.32 Å². The molecule has 0 spiro atoms. The number of amides is 1. The van der Waals surface area contributed by atoms with Crippen molar-refractivity contribution in [3.05, 3.63) is 71.8 Å². The largest absolute Gasteiger partial charge is 0.344 e. The van der Waals surface area contributed by atoms with Crippen LogP contribution in [0.25, 0.3) is 5.69 Å². The predicted octanol–water partition coefficient (Wildman–Crippen LogP) is 2.60. The second kappa shape index (κ2) is 6.57. The van der Waals surface area contributed by atoms with Crippen LogP contribution in [-0.2, 0) is 0 Å². The van der Waals surface area contributed by atoms with Gasteiger partial charge in [0, 0.05) is 23.7 Å². The van der Waals surface area contributed by atoms with E-state index in [1.807, 2.05) is 13.8 Å². The Morgan fingerprint density at radius 3 is 2.62 bits per heavy atom. The van der Waals surface area contributed by atoms with E-state index in [4.69, 9.17) is 0 Å². The molecule has 2 heterocycles. The highest BCUT2D eigenvalue weighted by Crippen LogP contribution is 2.20. The molecule has 1 amide bonds. The number of hydrogen-bond donors (Lipinski definition) is 1. The highest BCUT2D eigenvalue weighted by molar-refractivity contribution is 5.92. The summed E-state index contributed by atoms with van der Waals surface area (Å²) in [6.45, 7) is 3.77. The maximum absolute atomic E-state index is 13.1. The first-order chi connectivity index (χ1) is 11.6. The van der Waals surface area contributed by atoms with E-state index in [0.29, 0.717) is 0 Å². The van der Waals surface area contributed by atoms with E-state index < -0.39 is 0 Å². The lowest BCUT2D eigenvalue weighted by Gasteiger charge is -2.13. The maximum atomic E-state index is 13.1. The summed E-state index contributed by atoms with van der Waals surface area (Å²) in [5.41, 5.74) is 2.76. The zero-order valence-electron chi connectivity index (χ0n) is 13.3. The van der Waals surface area contributed by atoms with Crippen molar-refractivity contribution in [3.8, 4) is 5.69 Å². The predicted molar refractivity (Wildman–Crippen MR) is 86.2 cm³/mol. The molecule has 1 atom stereocenters. The van der Waals surface area contributed by atoms with Crippen LogP contribution < -0.4 is 5.32 Å². The lowest BCUT2D eigenvalue weighted by molar-refractivity contribution is 0.0934. The van der Waals surface area contributed by atoms with Crippen molar-refractivity contribution in [3.63, 3.8) is 0 Å². The average molecular weight is 325 g/mol. The van der Waals surface area contributed by atoms with Crippen LogP contribution in [0.3, 0.4) is 0 Å². The summed E-state index contributed by atoms with van der Waals surface area (Å²) in [7, 11) is 0. The van der Waals surface area contributed by atoms with Gasteiger partial charge >= 0.3 is 0 Å². The van der Waals surface area contributed by atoms with Gasteiger partial charge in [0.2, 0.25) is 0 Å². The molecule has 0 radical (unpaired) electrons. The zero-order chi connectivity index (χ0) is 17.1. The van der Waals surface area contributed by atoms with Gasteiger partial charge in [-0.1, -0.05) is 0 Å². The van der Waals surface area contributed by atoms with E-state index in [-0.39, 0.29) is 23.5 Å². The van der Waals surface area contributed by atoms with Crippen molar-refractivity contribution in [2.75, 3.05) is 0 Å². The SMILES string of the molecule is Cc1c(C(C)NC(=O)c2cnccn2)cnn1-c1ccc(F)cc1. The van der Waals surface area contributed by atoms with Crippen LogP contribution in [0.1, 0.15) is 34.7 Å². The molecule has 3 aromatic rings. The van der Waals surface area contributed by atoms with Gasteiger partial charge in [-0.2, -0.15) is 5.10 Å². The summed E-state index contributed by atoms with van der Waals surface area (Å²) in [4.78, 5) is 20.0. The summed E-state index contributed by atoms with van der Waals surface area (Å²) < 4.78 is 14.8. The first-order valence-corrected chi connectivity index (χ1v) is 7.43. The molecule has 0 saturated carbocycles. The number of aromatic nitrogens is 4. The smallest absolute Gasteiger partial charge is 0.271 e. The molecule has 0 aliphatic rings. The minimum Gasteiger partial charge on any atom is -0.344 e. The molecular weight excluding hydrogens is 309 g/mol. The lowest BCUT2D eigenvalue weighted by atomic mass is 10.1. The van der Waals surface area contributed by atoms with Gasteiger partial charge in [0.25, 0.3) is 5.91 Å². The minimum atomic E-state index is -0.301. The van der Waals surface area contributed by atoms with Crippen LogP contribution in [-0.4, -0.2) is 25.7 Å². The fourth-order valence-electron chi connectivity index (χ4n) is 2.45. The molecule has 1 aromatic carbocycles. The molecule has 7 heteroatoms. The van der Waals surface area contributed by atoms with E-state index in [2.05, 4.69) is 20.4 Å². The third-order valence-electron chi connectivity index (χ3n) is 3.73. The van der Waals surface area contributed by atoms with Crippen LogP contribution in [0.15, 0.2) is 49.1 Å². The van der Waals surface area contributed by atoms with Crippen LogP contribution in [0.2, 0.25) is 0 Å². The second-order valence-corrected chi connectivity index (χ2v) is 5.36. The van der Waals surface area contributed by atoms with Gasteiger partial charge in [-0.15, -0.1) is 0 Å². The van der Waals surface area contributed by atoms with E-state index in [9.17, 15) is 9.18 Å². The molecule has 0 bridgehead atoms. The Labute approximate surface area is 138 Å². The Morgan fingerprint density at radius 1 is 1.21 bits per heavy atom. The van der Waals surface area contributed by atoms with E-state index in [1.165, 1.54) is 30.7 Å². The van der Waals surface area contributed by atoms with E-state index >= 15 is 0 Å². The summed E-state index contributed by atoms with van der Waals surface area (Å²) in [6, 6.07) is 5.82. The molecule has 0 aliphatic heterocycles. The van der Waals surface area contributed by atoms with Gasteiger partial charge in [0.1, 0.15) is 11.5 Å².